The summed E-state index contributed by atoms with van der Waals surface area (Å²) in [4.78, 5) is 25.5. The first-order chi connectivity index (χ1) is 14.0. The molecule has 0 aliphatic carbocycles. The Morgan fingerprint density at radius 3 is 2.43 bits per heavy atom. The molecule has 0 bridgehead atoms. The van der Waals surface area contributed by atoms with Crippen LogP contribution in [0.4, 0.5) is 9.93 Å². The van der Waals surface area contributed by atoms with Crippen molar-refractivity contribution in [3.05, 3.63) is 39.8 Å². The number of nitrogens with one attached hydrogen (secondary N) is 3. The van der Waals surface area contributed by atoms with Gasteiger partial charge in [-0.1, -0.05) is 55.5 Å². The molecule has 7 nitrogen and oxygen atoms in total. The molecule has 1 unspecified atom stereocenters. The second-order valence-corrected chi connectivity index (χ2v) is 10.5. The molecule has 3 N–H and O–H groups in total. The highest BCUT2D eigenvalue weighted by molar-refractivity contribution is 7.73. The average Bonchev–Trinajstić information content (AvgIpc) is 3.03. The highest BCUT2D eigenvalue weighted by Gasteiger charge is 2.37. The van der Waals surface area contributed by atoms with Gasteiger partial charge in [0.25, 0.3) is 0 Å². The molecule has 0 saturated heterocycles. The summed E-state index contributed by atoms with van der Waals surface area (Å²) in [7, 11) is 0. The van der Waals surface area contributed by atoms with Gasteiger partial charge in [0.15, 0.2) is 3.95 Å². The molecule has 0 saturated carbocycles. The Balaban J connectivity index is 2.11. The summed E-state index contributed by atoms with van der Waals surface area (Å²) in [6, 6.07) is 9.38. The maximum Gasteiger partial charge on any atom is 0.408 e. The van der Waals surface area contributed by atoms with Gasteiger partial charge in [-0.3, -0.25) is 15.2 Å². The van der Waals surface area contributed by atoms with Gasteiger partial charge in [0, 0.05) is 0 Å². The van der Waals surface area contributed by atoms with E-state index >= 15 is 0 Å². The van der Waals surface area contributed by atoms with E-state index in [9.17, 15) is 9.59 Å². The fourth-order valence-corrected chi connectivity index (χ4v) is 3.83. The lowest BCUT2D eigenvalue weighted by molar-refractivity contribution is -0.121. The maximum absolute atomic E-state index is 13.0. The molecule has 1 atom stereocenters. The lowest BCUT2D eigenvalue weighted by Gasteiger charge is -2.34. The number of rotatable bonds is 8. The predicted octanol–water partition coefficient (Wildman–Crippen LogP) is 5.08. The average molecular weight is 451 g/mol. The van der Waals surface area contributed by atoms with Gasteiger partial charge in [-0.15, -0.1) is 5.10 Å². The van der Waals surface area contributed by atoms with Crippen molar-refractivity contribution in [2.24, 2.45) is 5.41 Å². The normalized spacial score (nSPS) is 12.8. The number of aromatic nitrogens is 2. The van der Waals surface area contributed by atoms with Gasteiger partial charge in [0.2, 0.25) is 11.0 Å². The van der Waals surface area contributed by atoms with Gasteiger partial charge < -0.3 is 10.1 Å². The largest absolute Gasteiger partial charge is 0.444 e. The first kappa shape index (κ1) is 24.0. The van der Waals surface area contributed by atoms with E-state index in [1.807, 2.05) is 32.0 Å². The van der Waals surface area contributed by atoms with Crippen LogP contribution in [0, 0.1) is 9.37 Å². The molecule has 2 amide bonds. The first-order valence-electron chi connectivity index (χ1n) is 9.86. The maximum atomic E-state index is 13.0. The lowest BCUT2D eigenvalue weighted by Crippen LogP contribution is -2.53. The van der Waals surface area contributed by atoms with Crippen LogP contribution in [-0.2, 0) is 16.0 Å². The molecule has 0 aliphatic heterocycles. The van der Waals surface area contributed by atoms with E-state index in [-0.39, 0.29) is 5.91 Å². The van der Waals surface area contributed by atoms with Crippen molar-refractivity contribution in [3.63, 3.8) is 0 Å². The number of nitrogens with zero attached hydrogens (tertiary/aromatic N) is 1. The topological polar surface area (TPSA) is 96.1 Å². The second kappa shape index (κ2) is 10.2. The monoisotopic (exact) mass is 450 g/mol. The van der Waals surface area contributed by atoms with Crippen molar-refractivity contribution in [2.45, 2.75) is 65.5 Å². The Kier molecular flexibility index (Phi) is 8.14. The third-order valence-electron chi connectivity index (χ3n) is 4.50. The molecule has 0 radical (unpaired) electrons. The summed E-state index contributed by atoms with van der Waals surface area (Å²) in [5.74, 6) is -0.358. The molecule has 164 valence electrons. The standard InChI is InChI=1S/C21H30N4O3S2/c1-20(2,3)28-18(27)22-15(16(26)23-17-24-25-19(29)30-17)21(4,5)13-9-12-14-10-7-6-8-11-14/h6-8,10-11,15H,9,12-13H2,1-5H3,(H,22,27)(H,25,29)(H,23,24,26). The Hall–Kier alpha value is -2.26. The van der Waals surface area contributed by atoms with E-state index in [1.54, 1.807) is 20.8 Å². The molecule has 2 rings (SSSR count). The van der Waals surface area contributed by atoms with Crippen molar-refractivity contribution in [2.75, 3.05) is 5.32 Å². The minimum Gasteiger partial charge on any atom is -0.444 e. The van der Waals surface area contributed by atoms with Crippen LogP contribution in [0.15, 0.2) is 30.3 Å². The Morgan fingerprint density at radius 1 is 1.20 bits per heavy atom. The number of H-pyrrole nitrogens is 1. The molecule has 1 aromatic heterocycles. The van der Waals surface area contributed by atoms with Crippen LogP contribution >= 0.6 is 23.6 Å². The number of aromatic amines is 1. The van der Waals surface area contributed by atoms with Crippen LogP contribution in [0.2, 0.25) is 0 Å². The van der Waals surface area contributed by atoms with Gasteiger partial charge in [0.1, 0.15) is 11.6 Å². The van der Waals surface area contributed by atoms with Gasteiger partial charge in [-0.25, -0.2) is 4.79 Å². The van der Waals surface area contributed by atoms with Crippen LogP contribution in [-0.4, -0.2) is 33.8 Å². The van der Waals surface area contributed by atoms with E-state index in [4.69, 9.17) is 17.0 Å². The molecular formula is C21H30N4O3S2. The summed E-state index contributed by atoms with van der Waals surface area (Å²) >= 11 is 6.18. The van der Waals surface area contributed by atoms with E-state index in [0.717, 1.165) is 30.6 Å². The Morgan fingerprint density at radius 2 is 1.87 bits per heavy atom. The van der Waals surface area contributed by atoms with E-state index in [0.29, 0.717) is 9.09 Å². The Labute approximate surface area is 186 Å². The molecule has 1 aromatic carbocycles. The smallest absolute Gasteiger partial charge is 0.408 e. The number of amides is 2. The molecule has 0 fully saturated rings. The van der Waals surface area contributed by atoms with Gasteiger partial charge in [0.05, 0.1) is 0 Å². The highest BCUT2D eigenvalue weighted by atomic mass is 32.1. The molecular weight excluding hydrogens is 420 g/mol. The van der Waals surface area contributed by atoms with Crippen molar-refractivity contribution in [1.29, 1.82) is 0 Å². The van der Waals surface area contributed by atoms with Gasteiger partial charge in [-0.05, 0) is 63.2 Å². The quantitative estimate of drug-likeness (QED) is 0.487. The van der Waals surface area contributed by atoms with E-state index < -0.39 is 23.2 Å². The minimum atomic E-state index is -0.805. The molecule has 0 spiro atoms. The van der Waals surface area contributed by atoms with Crippen LogP contribution in [0.25, 0.3) is 0 Å². The van der Waals surface area contributed by atoms with Crippen LogP contribution in [0.3, 0.4) is 0 Å². The van der Waals surface area contributed by atoms with Crippen LogP contribution in [0.5, 0.6) is 0 Å². The highest BCUT2D eigenvalue weighted by Crippen LogP contribution is 2.29. The third-order valence-corrected chi connectivity index (χ3v) is 5.51. The number of hydrogen-bond donors (Lipinski definition) is 3. The number of alkyl carbamates (subject to hydrolysis) is 1. The SMILES string of the molecule is CC(C)(C)OC(=O)NC(C(=O)Nc1n[nH]c(=S)s1)C(C)(C)CCCc1ccccc1. The lowest BCUT2D eigenvalue weighted by atomic mass is 9.79. The molecule has 9 heteroatoms. The van der Waals surface area contributed by atoms with Crippen molar-refractivity contribution in [3.8, 4) is 0 Å². The fraction of sp³-hybridized carbons (Fsp3) is 0.524. The number of aryl methyl sites for hydroxylation is 1. The molecule has 1 heterocycles. The first-order valence-corrected chi connectivity index (χ1v) is 11.1. The fourth-order valence-electron chi connectivity index (χ4n) is 3.04. The van der Waals surface area contributed by atoms with Gasteiger partial charge >= 0.3 is 6.09 Å². The zero-order valence-electron chi connectivity index (χ0n) is 18.1. The molecule has 0 aliphatic rings. The number of ether oxygens (including phenoxy) is 1. The number of hydrogen-bond acceptors (Lipinski definition) is 6. The number of carbonyl (C=O) groups is 2. The van der Waals surface area contributed by atoms with Gasteiger partial charge in [-0.2, -0.15) is 0 Å². The molecule has 30 heavy (non-hydrogen) atoms. The minimum absolute atomic E-state index is 0.358. The number of anilines is 1. The van der Waals surface area contributed by atoms with E-state index in [2.05, 4.69) is 33.0 Å². The Bertz CT molecular complexity index is 901. The van der Waals surface area contributed by atoms with E-state index in [1.165, 1.54) is 5.56 Å². The summed E-state index contributed by atoms with van der Waals surface area (Å²) in [6.45, 7) is 9.27. The van der Waals surface area contributed by atoms with Crippen molar-refractivity contribution >= 4 is 40.7 Å². The number of benzene rings is 1. The second-order valence-electron chi connectivity index (χ2n) is 8.81. The predicted molar refractivity (Wildman–Crippen MR) is 122 cm³/mol. The summed E-state index contributed by atoms with van der Waals surface area (Å²) in [6.07, 6.45) is 1.86. The summed E-state index contributed by atoms with van der Waals surface area (Å²) in [5.41, 5.74) is 0.0584. The van der Waals surface area contributed by atoms with Crippen molar-refractivity contribution < 1.29 is 14.3 Å². The zero-order valence-corrected chi connectivity index (χ0v) is 19.7. The third kappa shape index (κ3) is 7.87. The summed E-state index contributed by atoms with van der Waals surface area (Å²) < 4.78 is 5.84. The van der Waals surface area contributed by atoms with Crippen molar-refractivity contribution in [1.82, 2.24) is 15.5 Å². The number of carbonyl (C=O) groups excluding carboxylic acids is 2. The molecule has 2 aromatic rings. The zero-order chi connectivity index (χ0) is 22.4. The van der Waals surface area contributed by atoms with Crippen LogP contribution in [0.1, 0.15) is 53.0 Å². The van der Waals surface area contributed by atoms with Crippen LogP contribution < -0.4 is 10.6 Å². The summed E-state index contributed by atoms with van der Waals surface area (Å²) in [5, 5.41) is 12.5.